The molecule has 1 aliphatic carbocycles. The molecule has 1 amide bonds. The fourth-order valence-electron chi connectivity index (χ4n) is 3.01. The first-order chi connectivity index (χ1) is 9.81. The lowest BCUT2D eigenvalue weighted by Crippen LogP contribution is -2.49. The van der Waals surface area contributed by atoms with Crippen LogP contribution in [0.4, 0.5) is 4.79 Å². The van der Waals surface area contributed by atoms with Crippen molar-refractivity contribution in [3.63, 3.8) is 0 Å². The molecule has 0 aromatic carbocycles. The average Bonchev–Trinajstić information content (AvgIpc) is 3.13. The number of hydrogen-bond donors (Lipinski definition) is 1. The maximum atomic E-state index is 12.2. The van der Waals surface area contributed by atoms with Gasteiger partial charge in [0.1, 0.15) is 5.60 Å². The maximum absolute atomic E-state index is 12.2. The second-order valence-corrected chi connectivity index (χ2v) is 7.38. The largest absolute Gasteiger partial charge is 0.444 e. The van der Waals surface area contributed by atoms with Crippen molar-refractivity contribution < 1.29 is 14.3 Å². The van der Waals surface area contributed by atoms with Crippen LogP contribution < -0.4 is 5.32 Å². The number of amides is 1. The van der Waals surface area contributed by atoms with Crippen molar-refractivity contribution in [2.75, 3.05) is 20.3 Å². The zero-order valence-corrected chi connectivity index (χ0v) is 14.0. The minimum Gasteiger partial charge on any atom is -0.444 e. The summed E-state index contributed by atoms with van der Waals surface area (Å²) in [7, 11) is 1.75. The Kier molecular flexibility index (Phi) is 5.15. The van der Waals surface area contributed by atoms with Gasteiger partial charge < -0.3 is 19.7 Å². The number of hydrogen-bond acceptors (Lipinski definition) is 4. The molecule has 0 aromatic heterocycles. The van der Waals surface area contributed by atoms with Crippen LogP contribution >= 0.6 is 0 Å². The third-order valence-electron chi connectivity index (χ3n) is 4.35. The minimum absolute atomic E-state index is 0.165. The van der Waals surface area contributed by atoms with Crippen molar-refractivity contribution in [3.05, 3.63) is 0 Å². The first kappa shape index (κ1) is 16.6. The molecular formula is C16H30N2O3. The lowest BCUT2D eigenvalue weighted by molar-refractivity contribution is 0.0225. The van der Waals surface area contributed by atoms with Gasteiger partial charge in [0.25, 0.3) is 0 Å². The molecule has 1 aliphatic heterocycles. The molecule has 122 valence electrons. The summed E-state index contributed by atoms with van der Waals surface area (Å²) < 4.78 is 10.8. The highest BCUT2D eigenvalue weighted by Gasteiger charge is 2.39. The number of methoxy groups -OCH3 is 1. The predicted molar refractivity (Wildman–Crippen MR) is 82.3 cm³/mol. The van der Waals surface area contributed by atoms with Crippen molar-refractivity contribution in [2.45, 2.75) is 70.7 Å². The zero-order chi connectivity index (χ0) is 15.6. The topological polar surface area (TPSA) is 50.8 Å². The molecule has 3 unspecified atom stereocenters. The lowest BCUT2D eigenvalue weighted by Gasteiger charge is -2.30. The van der Waals surface area contributed by atoms with Gasteiger partial charge in [-0.25, -0.2) is 4.79 Å². The van der Waals surface area contributed by atoms with E-state index in [2.05, 4.69) is 12.2 Å². The van der Waals surface area contributed by atoms with E-state index in [1.165, 1.54) is 12.8 Å². The average molecular weight is 298 g/mol. The zero-order valence-electron chi connectivity index (χ0n) is 14.0. The van der Waals surface area contributed by atoms with E-state index < -0.39 is 5.60 Å². The summed E-state index contributed by atoms with van der Waals surface area (Å²) in [4.78, 5) is 14.1. The standard InChI is InChI=1S/C16H30N2O3/c1-11-13(17-14(10-20-5)12-6-7-12)8-9-18(11)15(19)21-16(2,3)4/h11-14,17H,6-10H2,1-5H3. The van der Waals surface area contributed by atoms with Crippen molar-refractivity contribution in [1.82, 2.24) is 10.2 Å². The van der Waals surface area contributed by atoms with Gasteiger partial charge in [-0.05, 0) is 52.9 Å². The molecule has 3 atom stereocenters. The van der Waals surface area contributed by atoms with E-state index >= 15 is 0 Å². The smallest absolute Gasteiger partial charge is 0.410 e. The Balaban J connectivity index is 1.88. The van der Waals surface area contributed by atoms with E-state index in [0.717, 1.165) is 25.5 Å². The second-order valence-electron chi connectivity index (χ2n) is 7.38. The normalized spacial score (nSPS) is 27.8. The van der Waals surface area contributed by atoms with Gasteiger partial charge in [0.15, 0.2) is 0 Å². The Hall–Kier alpha value is -0.810. The Morgan fingerprint density at radius 1 is 1.33 bits per heavy atom. The highest BCUT2D eigenvalue weighted by atomic mass is 16.6. The second kappa shape index (κ2) is 6.53. The quantitative estimate of drug-likeness (QED) is 0.847. The number of ether oxygens (including phenoxy) is 2. The molecule has 2 rings (SSSR count). The van der Waals surface area contributed by atoms with Crippen LogP contribution in [0, 0.1) is 5.92 Å². The van der Waals surface area contributed by atoms with Crippen LogP contribution in [0.1, 0.15) is 47.0 Å². The monoisotopic (exact) mass is 298 g/mol. The van der Waals surface area contributed by atoms with Crippen molar-refractivity contribution in [3.8, 4) is 0 Å². The fraction of sp³-hybridized carbons (Fsp3) is 0.938. The summed E-state index contributed by atoms with van der Waals surface area (Å²) >= 11 is 0. The lowest BCUT2D eigenvalue weighted by atomic mass is 10.1. The van der Waals surface area contributed by atoms with Crippen LogP contribution in [0.3, 0.4) is 0 Å². The van der Waals surface area contributed by atoms with Gasteiger partial charge in [-0.3, -0.25) is 0 Å². The van der Waals surface area contributed by atoms with Gasteiger partial charge in [-0.1, -0.05) is 0 Å². The number of carbonyl (C=O) groups is 1. The van der Waals surface area contributed by atoms with Crippen LogP contribution in [0.5, 0.6) is 0 Å². The predicted octanol–water partition coefficient (Wildman–Crippen LogP) is 2.40. The van der Waals surface area contributed by atoms with Crippen LogP contribution in [0.15, 0.2) is 0 Å². The molecule has 0 bridgehead atoms. The number of likely N-dealkylation sites (tertiary alicyclic amines) is 1. The number of carbonyl (C=O) groups excluding carboxylic acids is 1. The number of nitrogens with zero attached hydrogens (tertiary/aromatic N) is 1. The molecular weight excluding hydrogens is 268 g/mol. The summed E-state index contributed by atoms with van der Waals surface area (Å²) in [6.45, 7) is 9.33. The first-order valence-corrected chi connectivity index (χ1v) is 8.06. The summed E-state index contributed by atoms with van der Waals surface area (Å²) in [5, 5.41) is 3.70. The number of rotatable bonds is 5. The van der Waals surface area contributed by atoms with Crippen LogP contribution in [-0.4, -0.2) is 55.0 Å². The molecule has 1 saturated heterocycles. The summed E-state index contributed by atoms with van der Waals surface area (Å²) in [6, 6.07) is 0.914. The van der Waals surface area contributed by atoms with Crippen molar-refractivity contribution >= 4 is 6.09 Å². The molecule has 2 fully saturated rings. The van der Waals surface area contributed by atoms with Gasteiger partial charge in [-0.15, -0.1) is 0 Å². The molecule has 1 N–H and O–H groups in total. The Morgan fingerprint density at radius 3 is 2.52 bits per heavy atom. The highest BCUT2D eigenvalue weighted by Crippen LogP contribution is 2.34. The van der Waals surface area contributed by atoms with Crippen molar-refractivity contribution in [1.29, 1.82) is 0 Å². The Labute approximate surface area is 128 Å². The molecule has 0 spiro atoms. The van der Waals surface area contributed by atoms with Crippen LogP contribution in [0.25, 0.3) is 0 Å². The van der Waals surface area contributed by atoms with Gasteiger partial charge >= 0.3 is 6.09 Å². The molecule has 1 heterocycles. The van der Waals surface area contributed by atoms with Crippen LogP contribution in [-0.2, 0) is 9.47 Å². The highest BCUT2D eigenvalue weighted by molar-refractivity contribution is 5.69. The van der Waals surface area contributed by atoms with E-state index in [1.54, 1.807) is 7.11 Å². The molecule has 0 aromatic rings. The van der Waals surface area contributed by atoms with Gasteiger partial charge in [-0.2, -0.15) is 0 Å². The first-order valence-electron chi connectivity index (χ1n) is 8.06. The Bertz CT molecular complexity index is 363. The molecule has 0 radical (unpaired) electrons. The summed E-state index contributed by atoms with van der Waals surface area (Å²) in [5.41, 5.74) is -0.436. The van der Waals surface area contributed by atoms with E-state index in [9.17, 15) is 4.79 Å². The minimum atomic E-state index is -0.436. The summed E-state index contributed by atoms with van der Waals surface area (Å²) in [5.74, 6) is 0.743. The van der Waals surface area contributed by atoms with E-state index in [0.29, 0.717) is 12.1 Å². The Morgan fingerprint density at radius 2 is 2.00 bits per heavy atom. The van der Waals surface area contributed by atoms with Gasteiger partial charge in [0.2, 0.25) is 0 Å². The van der Waals surface area contributed by atoms with Crippen LogP contribution in [0.2, 0.25) is 0 Å². The van der Waals surface area contributed by atoms with Gasteiger partial charge in [0, 0.05) is 31.8 Å². The third-order valence-corrected chi connectivity index (χ3v) is 4.35. The fourth-order valence-corrected chi connectivity index (χ4v) is 3.01. The molecule has 5 heteroatoms. The SMILES string of the molecule is COCC(NC1CCN(C(=O)OC(C)(C)C)C1C)C1CC1. The number of nitrogens with one attached hydrogen (secondary N) is 1. The molecule has 2 aliphatic rings. The van der Waals surface area contributed by atoms with Gasteiger partial charge in [0.05, 0.1) is 6.61 Å². The molecule has 21 heavy (non-hydrogen) atoms. The maximum Gasteiger partial charge on any atom is 0.410 e. The van der Waals surface area contributed by atoms with E-state index in [4.69, 9.17) is 9.47 Å². The molecule has 1 saturated carbocycles. The molecule has 5 nitrogen and oxygen atoms in total. The van der Waals surface area contributed by atoms with E-state index in [1.807, 2.05) is 25.7 Å². The third kappa shape index (κ3) is 4.58. The summed E-state index contributed by atoms with van der Waals surface area (Å²) in [6.07, 6.45) is 3.36. The van der Waals surface area contributed by atoms with Crippen molar-refractivity contribution in [2.24, 2.45) is 5.92 Å². The van der Waals surface area contributed by atoms with E-state index in [-0.39, 0.29) is 12.1 Å².